The molecule has 0 saturated carbocycles. The van der Waals surface area contributed by atoms with Gasteiger partial charge in [-0.2, -0.15) is 0 Å². The topological polar surface area (TPSA) is 52.6 Å². The van der Waals surface area contributed by atoms with Crippen LogP contribution in [0.1, 0.15) is 26.3 Å². The lowest BCUT2D eigenvalue weighted by Crippen LogP contribution is -2.49. The predicted octanol–water partition coefficient (Wildman–Crippen LogP) is 2.20. The van der Waals surface area contributed by atoms with Crippen molar-refractivity contribution in [1.29, 1.82) is 0 Å². The summed E-state index contributed by atoms with van der Waals surface area (Å²) in [4.78, 5) is 13.7. The number of hydrogen-bond donors (Lipinski definition) is 2. The van der Waals surface area contributed by atoms with Crippen LogP contribution in [0.15, 0.2) is 18.2 Å². The van der Waals surface area contributed by atoms with E-state index in [1.165, 1.54) is 13.0 Å². The van der Waals surface area contributed by atoms with Crippen LogP contribution < -0.4 is 5.32 Å². The molecular formula is C15H22F2N2O2. The molecule has 1 unspecified atom stereocenters. The number of carboxylic acid groups (broad SMARTS) is 1. The first-order valence-corrected chi connectivity index (χ1v) is 7.01. The SMILES string of the molecule is CCN(CC)CCNC(C)(C(=O)O)c1ccc(F)c(F)c1. The van der Waals surface area contributed by atoms with Crippen molar-refractivity contribution in [1.82, 2.24) is 10.2 Å². The molecule has 0 radical (unpaired) electrons. The fourth-order valence-corrected chi connectivity index (χ4v) is 2.11. The normalized spacial score (nSPS) is 14.2. The van der Waals surface area contributed by atoms with Gasteiger partial charge < -0.3 is 10.0 Å². The number of hydrogen-bond acceptors (Lipinski definition) is 3. The first-order valence-electron chi connectivity index (χ1n) is 7.01. The van der Waals surface area contributed by atoms with E-state index < -0.39 is 23.1 Å². The Hall–Kier alpha value is -1.53. The third-order valence-electron chi connectivity index (χ3n) is 3.73. The number of halogens is 2. The van der Waals surface area contributed by atoms with Gasteiger partial charge in [-0.05, 0) is 37.7 Å². The highest BCUT2D eigenvalue weighted by molar-refractivity contribution is 5.80. The maximum Gasteiger partial charge on any atom is 0.328 e. The molecule has 6 heteroatoms. The lowest BCUT2D eigenvalue weighted by molar-refractivity contribution is -0.144. The monoisotopic (exact) mass is 300 g/mol. The van der Waals surface area contributed by atoms with Crippen LogP contribution in [0.3, 0.4) is 0 Å². The molecule has 1 aromatic rings. The molecule has 0 saturated heterocycles. The summed E-state index contributed by atoms with van der Waals surface area (Å²) < 4.78 is 26.3. The van der Waals surface area contributed by atoms with E-state index in [0.29, 0.717) is 13.1 Å². The average molecular weight is 300 g/mol. The lowest BCUT2D eigenvalue weighted by atomic mass is 9.92. The van der Waals surface area contributed by atoms with Crippen molar-refractivity contribution in [3.8, 4) is 0 Å². The minimum atomic E-state index is -1.46. The van der Waals surface area contributed by atoms with Crippen LogP contribution in [0.2, 0.25) is 0 Å². The molecule has 1 rings (SSSR count). The van der Waals surface area contributed by atoms with E-state index in [1.807, 2.05) is 13.8 Å². The number of rotatable bonds is 8. The van der Waals surface area contributed by atoms with E-state index in [9.17, 15) is 18.7 Å². The maximum absolute atomic E-state index is 13.3. The largest absolute Gasteiger partial charge is 0.480 e. The fourth-order valence-electron chi connectivity index (χ4n) is 2.11. The molecule has 0 fully saturated rings. The van der Waals surface area contributed by atoms with Crippen molar-refractivity contribution in [2.45, 2.75) is 26.3 Å². The maximum atomic E-state index is 13.3. The van der Waals surface area contributed by atoms with Gasteiger partial charge in [-0.3, -0.25) is 5.32 Å². The molecule has 1 aromatic carbocycles. The first-order chi connectivity index (χ1) is 9.85. The molecule has 1 atom stereocenters. The molecule has 0 heterocycles. The molecule has 118 valence electrons. The van der Waals surface area contributed by atoms with Gasteiger partial charge >= 0.3 is 5.97 Å². The van der Waals surface area contributed by atoms with Gasteiger partial charge in [0.15, 0.2) is 11.6 Å². The van der Waals surface area contributed by atoms with E-state index in [4.69, 9.17) is 0 Å². The average Bonchev–Trinajstić information content (AvgIpc) is 2.46. The van der Waals surface area contributed by atoms with E-state index in [-0.39, 0.29) is 5.56 Å². The van der Waals surface area contributed by atoms with E-state index in [1.54, 1.807) is 0 Å². The zero-order valence-electron chi connectivity index (χ0n) is 12.6. The van der Waals surface area contributed by atoms with Crippen molar-refractivity contribution in [2.24, 2.45) is 0 Å². The number of nitrogens with zero attached hydrogens (tertiary/aromatic N) is 1. The number of nitrogens with one attached hydrogen (secondary N) is 1. The fraction of sp³-hybridized carbons (Fsp3) is 0.533. The second-order valence-electron chi connectivity index (χ2n) is 5.01. The minimum absolute atomic E-state index is 0.188. The Labute approximate surface area is 123 Å². The zero-order valence-corrected chi connectivity index (χ0v) is 12.6. The molecular weight excluding hydrogens is 278 g/mol. The third kappa shape index (κ3) is 4.22. The van der Waals surface area contributed by atoms with Crippen molar-refractivity contribution in [2.75, 3.05) is 26.2 Å². The van der Waals surface area contributed by atoms with Crippen LogP contribution >= 0.6 is 0 Å². The summed E-state index contributed by atoms with van der Waals surface area (Å²) in [5.74, 6) is -3.17. The second-order valence-corrected chi connectivity index (χ2v) is 5.01. The van der Waals surface area contributed by atoms with E-state index in [0.717, 1.165) is 25.2 Å². The second kappa shape index (κ2) is 7.47. The Morgan fingerprint density at radius 1 is 1.29 bits per heavy atom. The van der Waals surface area contributed by atoms with Crippen molar-refractivity contribution in [3.63, 3.8) is 0 Å². The highest BCUT2D eigenvalue weighted by Crippen LogP contribution is 2.23. The van der Waals surface area contributed by atoms with Gasteiger partial charge in [-0.15, -0.1) is 0 Å². The van der Waals surface area contributed by atoms with Gasteiger partial charge in [0.25, 0.3) is 0 Å². The first kappa shape index (κ1) is 17.5. The Kier molecular flexibility index (Phi) is 6.23. The van der Waals surface area contributed by atoms with Gasteiger partial charge in [0, 0.05) is 13.1 Å². The zero-order chi connectivity index (χ0) is 16.0. The molecule has 0 aliphatic heterocycles. The molecule has 0 amide bonds. The highest BCUT2D eigenvalue weighted by atomic mass is 19.2. The molecule has 4 nitrogen and oxygen atoms in total. The molecule has 0 spiro atoms. The number of benzene rings is 1. The minimum Gasteiger partial charge on any atom is -0.480 e. The van der Waals surface area contributed by atoms with Crippen LogP contribution in [0.5, 0.6) is 0 Å². The van der Waals surface area contributed by atoms with Crippen LogP contribution in [-0.2, 0) is 10.3 Å². The standard InChI is InChI=1S/C15H22F2N2O2/c1-4-19(5-2)9-8-18-15(3,14(20)21)11-6-7-12(16)13(17)10-11/h6-7,10,18H,4-5,8-9H2,1-3H3,(H,20,21). The Balaban J connectivity index is 2.87. The van der Waals surface area contributed by atoms with Crippen LogP contribution in [0.4, 0.5) is 8.78 Å². The number of carbonyl (C=O) groups is 1. The lowest BCUT2D eigenvalue weighted by Gasteiger charge is -2.28. The van der Waals surface area contributed by atoms with E-state index >= 15 is 0 Å². The number of carboxylic acids is 1. The smallest absolute Gasteiger partial charge is 0.328 e. The van der Waals surface area contributed by atoms with E-state index in [2.05, 4.69) is 10.2 Å². The molecule has 21 heavy (non-hydrogen) atoms. The summed E-state index contributed by atoms with van der Waals surface area (Å²) in [6.45, 7) is 8.35. The number of likely N-dealkylation sites (N-methyl/N-ethyl adjacent to an activating group) is 1. The Morgan fingerprint density at radius 3 is 2.38 bits per heavy atom. The molecule has 2 N–H and O–H groups in total. The molecule has 0 bridgehead atoms. The summed E-state index contributed by atoms with van der Waals surface area (Å²) in [7, 11) is 0. The van der Waals surface area contributed by atoms with Crippen molar-refractivity contribution >= 4 is 5.97 Å². The summed E-state index contributed by atoms with van der Waals surface area (Å²) in [6, 6.07) is 3.16. The van der Waals surface area contributed by atoms with Gasteiger partial charge in [-0.25, -0.2) is 13.6 Å². The molecule has 0 aromatic heterocycles. The van der Waals surface area contributed by atoms with Gasteiger partial charge in [0.2, 0.25) is 0 Å². The van der Waals surface area contributed by atoms with Gasteiger partial charge in [0.1, 0.15) is 5.54 Å². The summed E-state index contributed by atoms with van der Waals surface area (Å²) in [5.41, 5.74) is -1.27. The van der Waals surface area contributed by atoms with Crippen molar-refractivity contribution < 1.29 is 18.7 Å². The van der Waals surface area contributed by atoms with Crippen LogP contribution in [0, 0.1) is 11.6 Å². The predicted molar refractivity (Wildman–Crippen MR) is 77.1 cm³/mol. The molecule has 0 aliphatic rings. The third-order valence-corrected chi connectivity index (χ3v) is 3.73. The van der Waals surface area contributed by atoms with Crippen LogP contribution in [-0.4, -0.2) is 42.2 Å². The van der Waals surface area contributed by atoms with Gasteiger partial charge in [0.05, 0.1) is 0 Å². The van der Waals surface area contributed by atoms with Crippen LogP contribution in [0.25, 0.3) is 0 Å². The quantitative estimate of drug-likeness (QED) is 0.773. The summed E-state index contributed by atoms with van der Waals surface area (Å²) in [6.07, 6.45) is 0. The Bertz CT molecular complexity index is 493. The van der Waals surface area contributed by atoms with Crippen molar-refractivity contribution in [3.05, 3.63) is 35.4 Å². The summed E-state index contributed by atoms with van der Waals surface area (Å²) >= 11 is 0. The highest BCUT2D eigenvalue weighted by Gasteiger charge is 2.35. The Morgan fingerprint density at radius 2 is 1.90 bits per heavy atom. The molecule has 0 aliphatic carbocycles. The summed E-state index contributed by atoms with van der Waals surface area (Å²) in [5, 5.41) is 12.4. The van der Waals surface area contributed by atoms with Gasteiger partial charge in [-0.1, -0.05) is 19.9 Å². The number of aliphatic carboxylic acids is 1.